The number of rotatable bonds is 4. The Balaban J connectivity index is 1.48. The van der Waals surface area contributed by atoms with Crippen LogP contribution >= 0.6 is 23.1 Å². The van der Waals surface area contributed by atoms with E-state index in [1.54, 1.807) is 20.8 Å². The van der Waals surface area contributed by atoms with E-state index in [0.29, 0.717) is 0 Å². The van der Waals surface area contributed by atoms with E-state index in [9.17, 15) is 14.4 Å². The lowest BCUT2D eigenvalue weighted by atomic mass is 9.75. The number of hydrogen-bond acceptors (Lipinski definition) is 8. The topological polar surface area (TPSA) is 82.6 Å². The Morgan fingerprint density at radius 1 is 1.15 bits per heavy atom. The van der Waals surface area contributed by atoms with Crippen LogP contribution in [0.25, 0.3) is 10.2 Å². The lowest BCUT2D eigenvalue weighted by Gasteiger charge is -2.21. The van der Waals surface area contributed by atoms with Crippen molar-refractivity contribution < 1.29 is 23.9 Å². The van der Waals surface area contributed by atoms with Gasteiger partial charge in [0.2, 0.25) is 0 Å². The second kappa shape index (κ2) is 6.04. The van der Waals surface area contributed by atoms with Gasteiger partial charge < -0.3 is 9.47 Å². The molecular weight excluding hydrogens is 386 g/mol. The molecule has 142 valence electrons. The number of cyclic esters (lactones) is 2. The minimum Gasteiger partial charge on any atom is -0.459 e. The first-order chi connectivity index (χ1) is 12.6. The molecule has 27 heavy (non-hydrogen) atoms. The van der Waals surface area contributed by atoms with Gasteiger partial charge in [-0.3, -0.25) is 14.4 Å². The monoisotopic (exact) mass is 405 g/mol. The fourth-order valence-electron chi connectivity index (χ4n) is 3.81. The molecule has 2 fully saturated rings. The number of hydrogen-bond donors (Lipinski definition) is 0. The minimum absolute atomic E-state index is 0.0281. The molecule has 6 nitrogen and oxygen atoms in total. The average molecular weight is 405 g/mol. The standard InChI is InChI=1S/C19H19NO5S2/c1-17(2)9-19(14(22)24-17)10-18(3,25-15(19)23)13(21)8-26-16-20-11-6-4-5-7-12(11)27-16/h4-7H,8-10H2,1-3H3/t18-,19-/m0/s1. The maximum Gasteiger partial charge on any atom is 0.324 e. The fraction of sp³-hybridized carbons (Fsp3) is 0.474. The minimum atomic E-state index is -1.37. The van der Waals surface area contributed by atoms with E-state index in [2.05, 4.69) is 4.98 Å². The van der Waals surface area contributed by atoms with Crippen molar-refractivity contribution in [3.63, 3.8) is 0 Å². The second-order valence-corrected chi connectivity index (χ2v) is 10.1. The van der Waals surface area contributed by atoms with Gasteiger partial charge in [0.25, 0.3) is 0 Å². The third-order valence-electron chi connectivity index (χ3n) is 5.03. The summed E-state index contributed by atoms with van der Waals surface area (Å²) in [5, 5.41) is 0. The number of ketones is 1. The highest BCUT2D eigenvalue weighted by molar-refractivity contribution is 8.01. The molecule has 3 heterocycles. The number of aromatic nitrogens is 1. The van der Waals surface area contributed by atoms with Gasteiger partial charge in [-0.15, -0.1) is 11.3 Å². The summed E-state index contributed by atoms with van der Waals surface area (Å²) in [5.41, 5.74) is -2.53. The van der Waals surface area contributed by atoms with Gasteiger partial charge in [0.05, 0.1) is 16.0 Å². The highest BCUT2D eigenvalue weighted by Gasteiger charge is 2.67. The number of carbonyl (C=O) groups is 3. The average Bonchev–Trinajstić information content (AvgIpc) is 3.18. The van der Waals surface area contributed by atoms with Crippen molar-refractivity contribution in [3.05, 3.63) is 24.3 Å². The number of esters is 2. The van der Waals surface area contributed by atoms with E-state index in [1.807, 2.05) is 24.3 Å². The molecule has 0 bridgehead atoms. The largest absolute Gasteiger partial charge is 0.459 e. The second-order valence-electron chi connectivity index (χ2n) is 7.86. The molecule has 0 N–H and O–H groups in total. The molecule has 2 saturated heterocycles. The number of thiazole rings is 1. The van der Waals surface area contributed by atoms with E-state index < -0.39 is 28.6 Å². The summed E-state index contributed by atoms with van der Waals surface area (Å²) in [4.78, 5) is 42.2. The Hall–Kier alpha value is -1.93. The molecule has 0 unspecified atom stereocenters. The zero-order chi connectivity index (χ0) is 19.4. The van der Waals surface area contributed by atoms with Crippen LogP contribution in [0.5, 0.6) is 0 Å². The zero-order valence-electron chi connectivity index (χ0n) is 15.2. The number of benzene rings is 1. The zero-order valence-corrected chi connectivity index (χ0v) is 16.9. The maximum absolute atomic E-state index is 12.8. The van der Waals surface area contributed by atoms with E-state index in [4.69, 9.17) is 9.47 Å². The van der Waals surface area contributed by atoms with Crippen LogP contribution in [0.3, 0.4) is 0 Å². The lowest BCUT2D eigenvalue weighted by molar-refractivity contribution is -0.162. The third-order valence-corrected chi connectivity index (χ3v) is 7.21. The van der Waals surface area contributed by atoms with Crippen molar-refractivity contribution in [2.24, 2.45) is 5.41 Å². The molecule has 1 aromatic heterocycles. The van der Waals surface area contributed by atoms with Crippen LogP contribution < -0.4 is 0 Å². The van der Waals surface area contributed by atoms with E-state index in [1.165, 1.54) is 23.1 Å². The van der Waals surface area contributed by atoms with Gasteiger partial charge >= 0.3 is 11.9 Å². The Kier molecular flexibility index (Phi) is 4.12. The molecule has 4 rings (SSSR count). The van der Waals surface area contributed by atoms with Crippen molar-refractivity contribution in [3.8, 4) is 0 Å². The normalized spacial score (nSPS) is 29.3. The van der Waals surface area contributed by atoms with Crippen LogP contribution in [0.4, 0.5) is 0 Å². The molecule has 0 aliphatic carbocycles. The van der Waals surface area contributed by atoms with Crippen LogP contribution in [0, 0.1) is 5.41 Å². The van der Waals surface area contributed by atoms with E-state index in [0.717, 1.165) is 14.6 Å². The number of nitrogens with zero attached hydrogens (tertiary/aromatic N) is 1. The van der Waals surface area contributed by atoms with Crippen molar-refractivity contribution >= 4 is 51.0 Å². The van der Waals surface area contributed by atoms with Crippen molar-refractivity contribution in [1.82, 2.24) is 4.98 Å². The molecule has 0 radical (unpaired) electrons. The Morgan fingerprint density at radius 2 is 1.85 bits per heavy atom. The molecule has 8 heteroatoms. The van der Waals surface area contributed by atoms with Crippen LogP contribution in [-0.2, 0) is 23.9 Å². The van der Waals surface area contributed by atoms with Gasteiger partial charge in [0.15, 0.2) is 21.1 Å². The Bertz CT molecular complexity index is 935. The number of para-hydroxylation sites is 1. The predicted molar refractivity (Wildman–Crippen MR) is 102 cm³/mol. The van der Waals surface area contributed by atoms with Gasteiger partial charge in [-0.25, -0.2) is 4.98 Å². The van der Waals surface area contributed by atoms with Crippen LogP contribution in [0.2, 0.25) is 0 Å². The molecule has 1 spiro atoms. The SMILES string of the molecule is CC1(C)C[C@]2(C[C@@](C)(C(=O)CSc3nc4ccccc4s3)OC2=O)C(=O)O1. The van der Waals surface area contributed by atoms with Crippen LogP contribution in [0.1, 0.15) is 33.6 Å². The van der Waals surface area contributed by atoms with E-state index >= 15 is 0 Å². The number of fused-ring (bicyclic) bond motifs is 1. The molecule has 2 aromatic rings. The molecular formula is C19H19NO5S2. The summed E-state index contributed by atoms with van der Waals surface area (Å²) in [6.07, 6.45) is 0.256. The number of Topliss-reactive ketones (excluding diaryl/α,β-unsaturated/α-hetero) is 1. The smallest absolute Gasteiger partial charge is 0.324 e. The number of thioether (sulfide) groups is 1. The maximum atomic E-state index is 12.8. The third kappa shape index (κ3) is 3.04. The highest BCUT2D eigenvalue weighted by Crippen LogP contribution is 2.52. The molecule has 2 aliphatic rings. The van der Waals surface area contributed by atoms with Crippen molar-refractivity contribution in [1.29, 1.82) is 0 Å². The molecule has 0 amide bonds. The number of carbonyl (C=O) groups excluding carboxylic acids is 3. The van der Waals surface area contributed by atoms with Gasteiger partial charge in [0, 0.05) is 12.8 Å². The van der Waals surface area contributed by atoms with Gasteiger partial charge in [-0.2, -0.15) is 0 Å². The summed E-state index contributed by atoms with van der Waals surface area (Å²) < 4.78 is 12.6. The summed E-state index contributed by atoms with van der Waals surface area (Å²) in [7, 11) is 0. The first-order valence-corrected chi connectivity index (χ1v) is 10.4. The summed E-state index contributed by atoms with van der Waals surface area (Å²) >= 11 is 2.84. The molecule has 2 atom stereocenters. The van der Waals surface area contributed by atoms with Crippen molar-refractivity contribution in [2.45, 2.75) is 49.2 Å². The van der Waals surface area contributed by atoms with Gasteiger partial charge in [-0.1, -0.05) is 23.9 Å². The van der Waals surface area contributed by atoms with Crippen molar-refractivity contribution in [2.75, 3.05) is 5.75 Å². The molecule has 1 aromatic carbocycles. The molecule has 2 aliphatic heterocycles. The first kappa shape index (κ1) is 18.4. The van der Waals surface area contributed by atoms with Crippen LogP contribution in [0.15, 0.2) is 28.6 Å². The summed E-state index contributed by atoms with van der Waals surface area (Å²) in [6, 6.07) is 7.77. The number of ether oxygens (including phenoxy) is 2. The highest BCUT2D eigenvalue weighted by atomic mass is 32.2. The van der Waals surface area contributed by atoms with E-state index in [-0.39, 0.29) is 24.4 Å². The van der Waals surface area contributed by atoms with Gasteiger partial charge in [0.1, 0.15) is 5.60 Å². The molecule has 0 saturated carbocycles. The van der Waals surface area contributed by atoms with Gasteiger partial charge in [-0.05, 0) is 32.9 Å². The first-order valence-electron chi connectivity index (χ1n) is 8.62. The lowest BCUT2D eigenvalue weighted by Crippen LogP contribution is -2.38. The quantitative estimate of drug-likeness (QED) is 0.438. The Morgan fingerprint density at radius 3 is 2.52 bits per heavy atom. The predicted octanol–water partition coefficient (Wildman–Crippen LogP) is 3.38. The summed E-state index contributed by atoms with van der Waals surface area (Å²) in [5.74, 6) is -1.35. The summed E-state index contributed by atoms with van der Waals surface area (Å²) in [6.45, 7) is 5.10. The fourth-order valence-corrected chi connectivity index (χ4v) is 5.91. The Labute approximate surface area is 164 Å². The van der Waals surface area contributed by atoms with Crippen LogP contribution in [-0.4, -0.2) is 39.7 Å².